The highest BCUT2D eigenvalue weighted by Crippen LogP contribution is 2.23. The van der Waals surface area contributed by atoms with Gasteiger partial charge in [-0.05, 0) is 37.6 Å². The van der Waals surface area contributed by atoms with E-state index in [1.54, 1.807) is 24.3 Å². The number of benzene rings is 2. The molecule has 3 N–H and O–H groups in total. The van der Waals surface area contributed by atoms with Gasteiger partial charge < -0.3 is 15.7 Å². The van der Waals surface area contributed by atoms with Crippen LogP contribution in [0.3, 0.4) is 0 Å². The van der Waals surface area contributed by atoms with Crippen molar-refractivity contribution in [2.45, 2.75) is 24.7 Å². The number of carboxylic acids is 1. The van der Waals surface area contributed by atoms with E-state index < -0.39 is 5.97 Å². The number of aryl methyl sites for hydroxylation is 1. The lowest BCUT2D eigenvalue weighted by Crippen LogP contribution is -2.25. The predicted octanol–water partition coefficient (Wildman–Crippen LogP) is 3.32. The van der Waals surface area contributed by atoms with Gasteiger partial charge in [0, 0.05) is 23.5 Å². The average molecular weight is 386 g/mol. The minimum atomic E-state index is -0.889. The number of aliphatic carboxylic acids is 1. The molecule has 0 fully saturated rings. The van der Waals surface area contributed by atoms with Crippen LogP contribution in [0.25, 0.3) is 0 Å². The van der Waals surface area contributed by atoms with Gasteiger partial charge in [0.15, 0.2) is 0 Å². The van der Waals surface area contributed by atoms with Gasteiger partial charge in [-0.25, -0.2) is 0 Å². The van der Waals surface area contributed by atoms with E-state index in [4.69, 9.17) is 5.11 Å². The van der Waals surface area contributed by atoms with Gasteiger partial charge >= 0.3 is 5.97 Å². The maximum atomic E-state index is 12.3. The Balaban J connectivity index is 1.88. The van der Waals surface area contributed by atoms with E-state index in [9.17, 15) is 14.4 Å². The number of thioether (sulfide) groups is 1. The standard InChI is InChI=1S/C20H22N2O4S/c1-14-8-10-15(11-9-14)22-18(23)13-27-17-6-3-2-5-16(17)20(26)21-12-4-7-19(24)25/h2-3,5-6,8-11H,4,7,12-13H2,1H3,(H,21,26)(H,22,23)(H,24,25). The molecule has 2 aromatic rings. The minimum absolute atomic E-state index is 0.00978. The number of nitrogens with one attached hydrogen (secondary N) is 2. The van der Waals surface area contributed by atoms with Crippen molar-refractivity contribution in [3.63, 3.8) is 0 Å². The number of carbonyl (C=O) groups is 3. The van der Waals surface area contributed by atoms with Crippen molar-refractivity contribution in [1.82, 2.24) is 5.32 Å². The second kappa shape index (κ2) is 10.4. The molecule has 0 radical (unpaired) electrons. The molecule has 0 spiro atoms. The zero-order chi connectivity index (χ0) is 19.6. The number of anilines is 1. The normalized spacial score (nSPS) is 10.3. The molecule has 0 aromatic heterocycles. The molecule has 0 unspecified atom stereocenters. The summed E-state index contributed by atoms with van der Waals surface area (Å²) in [5.74, 6) is -1.14. The highest BCUT2D eigenvalue weighted by molar-refractivity contribution is 8.00. The monoisotopic (exact) mass is 386 g/mol. The van der Waals surface area contributed by atoms with Crippen LogP contribution in [0.2, 0.25) is 0 Å². The van der Waals surface area contributed by atoms with E-state index >= 15 is 0 Å². The number of hydrogen-bond donors (Lipinski definition) is 3. The molecule has 0 aliphatic carbocycles. The zero-order valence-electron chi connectivity index (χ0n) is 15.0. The van der Waals surface area contributed by atoms with Crippen molar-refractivity contribution < 1.29 is 19.5 Å². The van der Waals surface area contributed by atoms with Crippen molar-refractivity contribution in [3.05, 3.63) is 59.7 Å². The molecule has 0 heterocycles. The maximum absolute atomic E-state index is 12.3. The maximum Gasteiger partial charge on any atom is 0.303 e. The molecular weight excluding hydrogens is 364 g/mol. The topological polar surface area (TPSA) is 95.5 Å². The van der Waals surface area contributed by atoms with Crippen LogP contribution in [0.15, 0.2) is 53.4 Å². The highest BCUT2D eigenvalue weighted by Gasteiger charge is 2.12. The lowest BCUT2D eigenvalue weighted by molar-refractivity contribution is -0.137. The Labute approximate surface area is 162 Å². The van der Waals surface area contributed by atoms with E-state index in [0.717, 1.165) is 11.3 Å². The van der Waals surface area contributed by atoms with Crippen molar-refractivity contribution in [1.29, 1.82) is 0 Å². The number of carbonyl (C=O) groups excluding carboxylic acids is 2. The third-order valence-corrected chi connectivity index (χ3v) is 4.75. The second-order valence-electron chi connectivity index (χ2n) is 5.95. The van der Waals surface area contributed by atoms with Gasteiger partial charge in [-0.2, -0.15) is 0 Å². The first-order valence-electron chi connectivity index (χ1n) is 8.54. The fourth-order valence-corrected chi connectivity index (χ4v) is 3.14. The highest BCUT2D eigenvalue weighted by atomic mass is 32.2. The van der Waals surface area contributed by atoms with Crippen LogP contribution in [-0.2, 0) is 9.59 Å². The molecule has 7 heteroatoms. The van der Waals surface area contributed by atoms with Crippen LogP contribution in [0.1, 0.15) is 28.8 Å². The molecule has 27 heavy (non-hydrogen) atoms. The molecule has 2 amide bonds. The second-order valence-corrected chi connectivity index (χ2v) is 6.97. The number of hydrogen-bond acceptors (Lipinski definition) is 4. The Hall–Kier alpha value is -2.80. The molecule has 2 aromatic carbocycles. The molecule has 0 aliphatic heterocycles. The first kappa shape index (κ1) is 20.5. The molecule has 2 rings (SSSR count). The van der Waals surface area contributed by atoms with E-state index in [-0.39, 0.29) is 30.5 Å². The Morgan fingerprint density at radius 3 is 2.44 bits per heavy atom. The third kappa shape index (κ3) is 7.15. The first-order chi connectivity index (χ1) is 13.0. The van der Waals surface area contributed by atoms with Gasteiger partial charge in [0.2, 0.25) is 5.91 Å². The van der Waals surface area contributed by atoms with Gasteiger partial charge in [-0.1, -0.05) is 29.8 Å². The van der Waals surface area contributed by atoms with Crippen molar-refractivity contribution in [2.24, 2.45) is 0 Å². The molecule has 142 valence electrons. The molecule has 0 atom stereocenters. The predicted molar refractivity (Wildman–Crippen MR) is 106 cm³/mol. The van der Waals surface area contributed by atoms with E-state index in [2.05, 4.69) is 10.6 Å². The molecule has 0 bridgehead atoms. The summed E-state index contributed by atoms with van der Waals surface area (Å²) in [5, 5.41) is 14.2. The van der Waals surface area contributed by atoms with Gasteiger partial charge in [0.05, 0.1) is 11.3 Å². The summed E-state index contributed by atoms with van der Waals surface area (Å²) in [5.41, 5.74) is 2.32. The van der Waals surface area contributed by atoms with E-state index in [0.29, 0.717) is 16.9 Å². The van der Waals surface area contributed by atoms with Crippen LogP contribution in [-0.4, -0.2) is 35.2 Å². The Kier molecular flexibility index (Phi) is 7.88. The molecule has 0 saturated heterocycles. The van der Waals surface area contributed by atoms with Gasteiger partial charge in [-0.3, -0.25) is 14.4 Å². The molecule has 6 nitrogen and oxygen atoms in total. The largest absolute Gasteiger partial charge is 0.481 e. The van der Waals surface area contributed by atoms with E-state index in [1.165, 1.54) is 11.8 Å². The minimum Gasteiger partial charge on any atom is -0.481 e. The fraction of sp³-hybridized carbons (Fsp3) is 0.250. The number of amides is 2. The van der Waals surface area contributed by atoms with Crippen molar-refractivity contribution in [3.8, 4) is 0 Å². The Morgan fingerprint density at radius 2 is 1.74 bits per heavy atom. The quantitative estimate of drug-likeness (QED) is 0.454. The summed E-state index contributed by atoms with van der Waals surface area (Å²) in [6.07, 6.45) is 0.380. The van der Waals surface area contributed by atoms with Crippen LogP contribution in [0.4, 0.5) is 5.69 Å². The first-order valence-corrected chi connectivity index (χ1v) is 9.52. The summed E-state index contributed by atoms with van der Waals surface area (Å²) in [4.78, 5) is 35.7. The number of rotatable bonds is 9. The van der Waals surface area contributed by atoms with Gasteiger partial charge in [0.1, 0.15) is 0 Å². The SMILES string of the molecule is Cc1ccc(NC(=O)CSc2ccccc2C(=O)NCCCC(=O)O)cc1. The zero-order valence-corrected chi connectivity index (χ0v) is 15.8. The molecule has 0 saturated carbocycles. The summed E-state index contributed by atoms with van der Waals surface area (Å²) >= 11 is 1.28. The van der Waals surface area contributed by atoms with Crippen molar-refractivity contribution >= 4 is 35.2 Å². The molecule has 0 aliphatic rings. The summed E-state index contributed by atoms with van der Waals surface area (Å²) in [6.45, 7) is 2.27. The van der Waals surface area contributed by atoms with Crippen LogP contribution >= 0.6 is 11.8 Å². The summed E-state index contributed by atoms with van der Waals surface area (Å²) in [7, 11) is 0. The third-order valence-electron chi connectivity index (χ3n) is 3.68. The van der Waals surface area contributed by atoms with E-state index in [1.807, 2.05) is 31.2 Å². The molecular formula is C20H22N2O4S. The van der Waals surface area contributed by atoms with Gasteiger partial charge in [-0.15, -0.1) is 11.8 Å². The Bertz CT molecular complexity index is 806. The van der Waals surface area contributed by atoms with Crippen LogP contribution < -0.4 is 10.6 Å². The summed E-state index contributed by atoms with van der Waals surface area (Å²) < 4.78 is 0. The van der Waals surface area contributed by atoms with Gasteiger partial charge in [0.25, 0.3) is 5.91 Å². The Morgan fingerprint density at radius 1 is 1.04 bits per heavy atom. The summed E-state index contributed by atoms with van der Waals surface area (Å²) in [6, 6.07) is 14.6. The fourth-order valence-electron chi connectivity index (χ4n) is 2.29. The lowest BCUT2D eigenvalue weighted by Gasteiger charge is -2.10. The number of carboxylic acid groups (broad SMARTS) is 1. The average Bonchev–Trinajstić information content (AvgIpc) is 2.65. The van der Waals surface area contributed by atoms with Crippen LogP contribution in [0.5, 0.6) is 0 Å². The smallest absolute Gasteiger partial charge is 0.303 e. The van der Waals surface area contributed by atoms with Crippen LogP contribution in [0, 0.1) is 6.92 Å². The lowest BCUT2D eigenvalue weighted by atomic mass is 10.2. The van der Waals surface area contributed by atoms with Crippen molar-refractivity contribution in [2.75, 3.05) is 17.6 Å².